The molecule has 2 atom stereocenters. The molecule has 190 valence electrons. The normalized spacial score (nSPS) is 11.6. The van der Waals surface area contributed by atoms with Gasteiger partial charge in [0.15, 0.2) is 12.2 Å². The van der Waals surface area contributed by atoms with Crippen LogP contribution < -0.4 is 0 Å². The predicted molar refractivity (Wildman–Crippen MR) is 124 cm³/mol. The molecular formula is C4H20In2Na4O20S4. The fourth-order valence-corrected chi connectivity index (χ4v) is 1.18. The van der Waals surface area contributed by atoms with Gasteiger partial charge >= 0.3 is 223 Å². The number of carbonyl (C=O) groups excluding carboxylic acids is 2. The van der Waals surface area contributed by atoms with Gasteiger partial charge in [-0.2, -0.15) is 33.7 Å². The zero-order valence-corrected chi connectivity index (χ0v) is 15.5. The Balaban J connectivity index is -0.0000000478. The number of aliphatic hydroxyl groups is 2. The molecule has 30 heteroatoms. The van der Waals surface area contributed by atoms with E-state index >= 15 is 0 Å². The fraction of sp³-hybridized carbons (Fsp3) is 0.500. The molecule has 0 heterocycles. The van der Waals surface area contributed by atoms with Crippen LogP contribution in [-0.2, 0) is 59.6 Å². The molecule has 0 aromatic carbocycles. The molecule has 0 aliphatic rings. The Bertz CT molecular complexity index is 864. The van der Waals surface area contributed by atoms with Gasteiger partial charge < -0.3 is 18.6 Å². The Morgan fingerprint density at radius 2 is 0.618 bits per heavy atom. The summed E-state index contributed by atoms with van der Waals surface area (Å²) in [7, 11) is -19.9. The third-order valence-electron chi connectivity index (χ3n) is 1.16. The van der Waals surface area contributed by atoms with E-state index in [9.17, 15) is 26.4 Å². The molecular weight excluding hydrogens is 818 g/mol. The average Bonchev–Trinajstić information content (AvgIpc) is 2.28. The van der Waals surface area contributed by atoms with Gasteiger partial charge in [-0.15, -0.1) is 0 Å². The fourth-order valence-electron chi connectivity index (χ4n) is 0.564. The van der Waals surface area contributed by atoms with Crippen molar-refractivity contribution in [3.8, 4) is 0 Å². The van der Waals surface area contributed by atoms with Crippen LogP contribution in [-0.4, -0.2) is 265 Å². The van der Waals surface area contributed by atoms with Crippen molar-refractivity contribution in [2.45, 2.75) is 12.2 Å². The molecule has 8 N–H and O–H groups in total. The van der Waals surface area contributed by atoms with E-state index in [1.54, 1.807) is 0 Å². The number of aliphatic hydroxyl groups excluding tert-OH is 2. The first-order valence-electron chi connectivity index (χ1n) is 5.01. The number of hydrogen-bond donors (Lipinski definition) is 8. The summed E-state index contributed by atoms with van der Waals surface area (Å²) in [5.41, 5.74) is 0. The van der Waals surface area contributed by atoms with Crippen LogP contribution in [0.1, 0.15) is 0 Å². The Morgan fingerprint density at radius 1 is 0.500 bits per heavy atom. The van der Waals surface area contributed by atoms with Gasteiger partial charge in [0.2, 0.25) is 0 Å². The van der Waals surface area contributed by atoms with Crippen molar-refractivity contribution >= 4 is 223 Å². The second-order valence-electron chi connectivity index (χ2n) is 3.45. The van der Waals surface area contributed by atoms with Gasteiger partial charge in [0.05, 0.1) is 0 Å². The Kier molecular flexibility index (Phi) is 49.8. The Hall–Kier alpha value is 4.16. The second kappa shape index (κ2) is 27.3. The van der Waals surface area contributed by atoms with E-state index in [0.717, 1.165) is 0 Å². The first kappa shape index (κ1) is 62.0. The van der Waals surface area contributed by atoms with E-state index in [1.165, 1.54) is 0 Å². The Morgan fingerprint density at radius 3 is 0.706 bits per heavy atom. The van der Waals surface area contributed by atoms with Gasteiger partial charge in [0, 0.05) is 0 Å². The third kappa shape index (κ3) is 65.3. The summed E-state index contributed by atoms with van der Waals surface area (Å²) in [5.74, 6) is -4.37. The minimum absolute atomic E-state index is 0. The van der Waals surface area contributed by atoms with Crippen LogP contribution in [0.5, 0.6) is 0 Å². The van der Waals surface area contributed by atoms with Gasteiger partial charge in [-0.3, -0.25) is 27.3 Å². The summed E-state index contributed by atoms with van der Waals surface area (Å²) in [6.07, 6.45) is -5.75. The van der Waals surface area contributed by atoms with Gasteiger partial charge in [0.1, 0.15) is 0 Å². The van der Waals surface area contributed by atoms with E-state index in [1.807, 2.05) is 0 Å². The van der Waals surface area contributed by atoms with Crippen LogP contribution in [0.25, 0.3) is 0 Å². The molecule has 34 heavy (non-hydrogen) atoms. The van der Waals surface area contributed by atoms with E-state index < -0.39 is 65.7 Å². The van der Waals surface area contributed by atoms with Gasteiger partial charge in [0.25, 0.3) is 0 Å². The van der Waals surface area contributed by atoms with E-state index in [-0.39, 0.29) is 170 Å². The molecule has 20 nitrogen and oxygen atoms in total. The van der Waals surface area contributed by atoms with Crippen LogP contribution in [0.15, 0.2) is 0 Å². The summed E-state index contributed by atoms with van der Waals surface area (Å²) in [6.45, 7) is 0. The molecule has 0 amide bonds. The number of rotatable bonds is 5. The van der Waals surface area contributed by atoms with Crippen LogP contribution >= 0.6 is 0 Å². The molecule has 0 radical (unpaired) electrons. The van der Waals surface area contributed by atoms with E-state index in [0.29, 0.717) is 0 Å². The summed E-state index contributed by atoms with van der Waals surface area (Å²) in [5, 5.41) is 17.7. The van der Waals surface area contributed by atoms with Crippen molar-refractivity contribution in [2.24, 2.45) is 0 Å². The molecule has 0 aliphatic carbocycles. The second-order valence-corrected chi connectivity index (χ2v) is 7.28. The monoisotopic (exact) mass is 838 g/mol. The standard InChI is InChI=1S/C4H6O12S2.2In.4Na.2H2O4S.10H/c5-1(3(7)15-17(9,10)11)2(6)4(8)16-18(12,13)14;;;;;;;2*1-5(2,3)4;;;;;;;;;;/h1-2,5-6H,(H,9,10,11)(H,12,13,14);;;;;;;2*(H2,1,2,3,4);;;;;;;;;;. The molecule has 0 saturated heterocycles. The molecule has 0 rings (SSSR count). The van der Waals surface area contributed by atoms with Crippen LogP contribution in [0.4, 0.5) is 0 Å². The Labute approximate surface area is 318 Å². The van der Waals surface area contributed by atoms with Crippen molar-refractivity contribution in [2.75, 3.05) is 0 Å². The van der Waals surface area contributed by atoms with Crippen molar-refractivity contribution in [1.82, 2.24) is 0 Å². The maximum atomic E-state index is 10.7. The SMILES string of the molecule is O=C(OS(=O)(=O)O)C(O)C(O)C(=O)OS(=O)(=O)O.O=S(=O)(O)O.O=S(=O)(O)O.[InH3].[InH3].[NaH].[NaH].[NaH].[NaH]. The van der Waals surface area contributed by atoms with Gasteiger partial charge in [-0.25, -0.2) is 9.59 Å². The van der Waals surface area contributed by atoms with Crippen molar-refractivity contribution in [3.63, 3.8) is 0 Å². The van der Waals surface area contributed by atoms with Crippen LogP contribution in [0, 0.1) is 0 Å². The van der Waals surface area contributed by atoms with Crippen LogP contribution in [0.3, 0.4) is 0 Å². The zero-order valence-electron chi connectivity index (χ0n) is 12.3. The van der Waals surface area contributed by atoms with Gasteiger partial charge in [-0.05, 0) is 0 Å². The molecule has 0 aliphatic heterocycles. The summed E-state index contributed by atoms with van der Waals surface area (Å²) >= 11 is 0. The summed E-state index contributed by atoms with van der Waals surface area (Å²) in [4.78, 5) is 21.4. The molecule has 0 aromatic heterocycles. The van der Waals surface area contributed by atoms with Crippen LogP contribution in [0.2, 0.25) is 0 Å². The zero-order chi connectivity index (χ0) is 23.7. The molecule has 0 fully saturated rings. The van der Waals surface area contributed by atoms with Crippen molar-refractivity contribution in [1.29, 1.82) is 0 Å². The van der Waals surface area contributed by atoms with Crippen molar-refractivity contribution < 1.29 is 89.2 Å². The minimum atomic E-state index is -5.30. The maximum absolute atomic E-state index is 10.7. The molecule has 0 spiro atoms. The first-order chi connectivity index (χ1) is 11.8. The first-order valence-corrected chi connectivity index (χ1v) is 10.5. The molecule has 0 bridgehead atoms. The molecule has 2 unspecified atom stereocenters. The van der Waals surface area contributed by atoms with E-state index in [4.69, 9.17) is 54.4 Å². The topological polar surface area (TPSA) is 351 Å². The van der Waals surface area contributed by atoms with E-state index in [2.05, 4.69) is 8.37 Å². The molecule has 0 saturated carbocycles. The third-order valence-corrected chi connectivity index (χ3v) is 1.91. The van der Waals surface area contributed by atoms with Crippen molar-refractivity contribution in [3.05, 3.63) is 0 Å². The quantitative estimate of drug-likeness (QED) is 0.0941. The number of hydrogen-bond acceptors (Lipinski definition) is 14. The average molecular weight is 838 g/mol. The predicted octanol–water partition coefficient (Wildman–Crippen LogP) is -9.87. The summed E-state index contributed by atoms with van der Waals surface area (Å²) < 4.78 is 126. The van der Waals surface area contributed by atoms with Gasteiger partial charge in [-0.1, -0.05) is 0 Å². The summed E-state index contributed by atoms with van der Waals surface area (Å²) in [6, 6.07) is 0. The number of carbonyl (C=O) groups is 2. The molecule has 0 aromatic rings.